The predicted octanol–water partition coefficient (Wildman–Crippen LogP) is 2.83. The summed E-state index contributed by atoms with van der Waals surface area (Å²) in [5, 5.41) is 10.5. The van der Waals surface area contributed by atoms with Crippen LogP contribution in [-0.4, -0.2) is 30.1 Å². The predicted molar refractivity (Wildman–Crippen MR) is 79.7 cm³/mol. The summed E-state index contributed by atoms with van der Waals surface area (Å²) in [5.41, 5.74) is 1.14. The van der Waals surface area contributed by atoms with Gasteiger partial charge in [0.1, 0.15) is 0 Å². The van der Waals surface area contributed by atoms with Crippen LogP contribution in [-0.2, 0) is 20.7 Å². The molecule has 1 aliphatic carbocycles. The summed E-state index contributed by atoms with van der Waals surface area (Å²) in [6, 6.07) is 9.94. The molecule has 0 saturated heterocycles. The number of aliphatic hydroxyl groups is 1. The number of ether oxygens (including phenoxy) is 2. The molecule has 1 fully saturated rings. The second kappa shape index (κ2) is 7.57. The lowest BCUT2D eigenvalue weighted by Gasteiger charge is -2.34. The molecule has 1 unspecified atom stereocenters. The summed E-state index contributed by atoms with van der Waals surface area (Å²) in [6.45, 7) is 0. The normalized spacial score (nSPS) is 19.0. The summed E-state index contributed by atoms with van der Waals surface area (Å²) in [4.78, 5) is 11.9. The first-order valence-corrected chi connectivity index (χ1v) is 7.65. The van der Waals surface area contributed by atoms with Crippen LogP contribution in [0.3, 0.4) is 0 Å². The van der Waals surface area contributed by atoms with Crippen molar-refractivity contribution in [1.29, 1.82) is 0 Å². The molecule has 1 aromatic carbocycles. The third-order valence-corrected chi connectivity index (χ3v) is 4.00. The van der Waals surface area contributed by atoms with Crippen molar-refractivity contribution in [3.05, 3.63) is 35.9 Å². The zero-order chi connectivity index (χ0) is 15.1. The number of hydrogen-bond acceptors (Lipinski definition) is 4. The van der Waals surface area contributed by atoms with Gasteiger partial charge in [0.05, 0.1) is 7.11 Å². The highest BCUT2D eigenvalue weighted by Gasteiger charge is 2.35. The van der Waals surface area contributed by atoms with Crippen LogP contribution >= 0.6 is 0 Å². The van der Waals surface area contributed by atoms with E-state index in [1.807, 2.05) is 30.3 Å². The lowest BCUT2D eigenvalue weighted by Crippen LogP contribution is -2.42. The zero-order valence-corrected chi connectivity index (χ0v) is 12.6. The number of esters is 1. The van der Waals surface area contributed by atoms with E-state index in [-0.39, 0.29) is 0 Å². The molecule has 0 aliphatic heterocycles. The molecule has 1 aromatic rings. The van der Waals surface area contributed by atoms with Gasteiger partial charge >= 0.3 is 5.97 Å². The van der Waals surface area contributed by atoms with Crippen LogP contribution in [0.4, 0.5) is 0 Å². The van der Waals surface area contributed by atoms with Gasteiger partial charge in [-0.2, -0.15) is 0 Å². The molecule has 0 aromatic heterocycles. The first-order chi connectivity index (χ1) is 10.1. The summed E-state index contributed by atoms with van der Waals surface area (Å²) >= 11 is 0. The van der Waals surface area contributed by atoms with E-state index in [4.69, 9.17) is 9.47 Å². The van der Waals surface area contributed by atoms with E-state index < -0.39 is 17.9 Å². The Balaban J connectivity index is 1.96. The van der Waals surface area contributed by atoms with Gasteiger partial charge in [0.2, 0.25) is 0 Å². The van der Waals surface area contributed by atoms with Crippen LogP contribution in [0.2, 0.25) is 0 Å². The van der Waals surface area contributed by atoms with Crippen molar-refractivity contribution in [3.8, 4) is 0 Å². The molecule has 0 amide bonds. The average molecular weight is 292 g/mol. The van der Waals surface area contributed by atoms with Crippen LogP contribution in [0.25, 0.3) is 0 Å². The van der Waals surface area contributed by atoms with Crippen molar-refractivity contribution in [2.45, 2.75) is 56.8 Å². The Morgan fingerprint density at radius 2 is 1.90 bits per heavy atom. The minimum Gasteiger partial charge on any atom is -0.467 e. The molecule has 0 bridgehead atoms. The van der Waals surface area contributed by atoms with E-state index in [0.717, 1.165) is 31.2 Å². The van der Waals surface area contributed by atoms with Gasteiger partial charge in [-0.05, 0) is 31.2 Å². The second-order valence-electron chi connectivity index (χ2n) is 5.66. The van der Waals surface area contributed by atoms with E-state index in [1.165, 1.54) is 7.11 Å². The third-order valence-electron chi connectivity index (χ3n) is 4.00. The molecular formula is C17H24O4. The number of hydrogen-bond donors (Lipinski definition) is 1. The number of carbonyl (C=O) groups is 1. The summed E-state index contributed by atoms with van der Waals surface area (Å²) in [5.74, 6) is -1.58. The van der Waals surface area contributed by atoms with Crippen LogP contribution in [0.5, 0.6) is 0 Å². The van der Waals surface area contributed by atoms with Crippen LogP contribution < -0.4 is 0 Å². The van der Waals surface area contributed by atoms with Crippen LogP contribution in [0, 0.1) is 0 Å². The Kier molecular flexibility index (Phi) is 5.76. The maximum atomic E-state index is 11.9. The summed E-state index contributed by atoms with van der Waals surface area (Å²) in [6.07, 6.45) is 4.68. The minimum absolute atomic E-state index is 0.412. The molecule has 4 nitrogen and oxygen atoms in total. The van der Waals surface area contributed by atoms with Crippen molar-refractivity contribution >= 4 is 5.97 Å². The van der Waals surface area contributed by atoms with Crippen molar-refractivity contribution in [3.63, 3.8) is 0 Å². The number of aryl methyl sites for hydroxylation is 1. The molecule has 0 radical (unpaired) electrons. The summed E-state index contributed by atoms with van der Waals surface area (Å²) in [7, 11) is 1.35. The van der Waals surface area contributed by atoms with E-state index >= 15 is 0 Å². The minimum atomic E-state index is -1.17. The van der Waals surface area contributed by atoms with Crippen molar-refractivity contribution < 1.29 is 19.4 Å². The first-order valence-electron chi connectivity index (χ1n) is 7.65. The Bertz CT molecular complexity index is 437. The molecule has 0 heterocycles. The Hall–Kier alpha value is -1.39. The van der Waals surface area contributed by atoms with Gasteiger partial charge in [-0.25, -0.2) is 4.79 Å². The molecule has 1 aliphatic rings. The standard InChI is InChI=1S/C17H24O4/c1-20-16(18)15(11-10-14-8-4-2-5-9-14)21-17(19)12-6-3-7-13-17/h2,4-5,8-9,15,19H,3,6-7,10-13H2,1H3. The Morgan fingerprint density at radius 1 is 1.24 bits per heavy atom. The molecule has 1 N–H and O–H groups in total. The highest BCUT2D eigenvalue weighted by Crippen LogP contribution is 2.31. The zero-order valence-electron chi connectivity index (χ0n) is 12.6. The molecule has 116 valence electrons. The molecule has 1 saturated carbocycles. The van der Waals surface area contributed by atoms with E-state index in [9.17, 15) is 9.90 Å². The van der Waals surface area contributed by atoms with Gasteiger partial charge in [0.25, 0.3) is 0 Å². The second-order valence-corrected chi connectivity index (χ2v) is 5.66. The van der Waals surface area contributed by atoms with Gasteiger partial charge in [-0.15, -0.1) is 0 Å². The summed E-state index contributed by atoms with van der Waals surface area (Å²) < 4.78 is 10.5. The quantitative estimate of drug-likeness (QED) is 0.647. The van der Waals surface area contributed by atoms with E-state index in [1.54, 1.807) is 0 Å². The van der Waals surface area contributed by atoms with Gasteiger partial charge in [0.15, 0.2) is 11.9 Å². The van der Waals surface area contributed by atoms with E-state index in [0.29, 0.717) is 19.3 Å². The number of carbonyl (C=O) groups excluding carboxylic acids is 1. The molecule has 1 atom stereocenters. The number of methoxy groups -OCH3 is 1. The maximum absolute atomic E-state index is 11.9. The molecular weight excluding hydrogens is 268 g/mol. The van der Waals surface area contributed by atoms with Gasteiger partial charge in [-0.1, -0.05) is 36.8 Å². The van der Waals surface area contributed by atoms with E-state index in [2.05, 4.69) is 0 Å². The highest BCUT2D eigenvalue weighted by molar-refractivity contribution is 5.74. The van der Waals surface area contributed by atoms with Gasteiger partial charge in [-0.3, -0.25) is 0 Å². The smallest absolute Gasteiger partial charge is 0.335 e. The molecule has 21 heavy (non-hydrogen) atoms. The lowest BCUT2D eigenvalue weighted by atomic mass is 9.94. The monoisotopic (exact) mass is 292 g/mol. The Morgan fingerprint density at radius 3 is 2.52 bits per heavy atom. The topological polar surface area (TPSA) is 55.8 Å². The maximum Gasteiger partial charge on any atom is 0.335 e. The fraction of sp³-hybridized carbons (Fsp3) is 0.588. The Labute approximate surface area is 126 Å². The van der Waals surface area contributed by atoms with Gasteiger partial charge < -0.3 is 14.6 Å². The van der Waals surface area contributed by atoms with Crippen LogP contribution in [0.1, 0.15) is 44.1 Å². The van der Waals surface area contributed by atoms with Crippen molar-refractivity contribution in [2.24, 2.45) is 0 Å². The van der Waals surface area contributed by atoms with Crippen molar-refractivity contribution in [2.75, 3.05) is 7.11 Å². The first kappa shape index (κ1) is 16.0. The number of benzene rings is 1. The average Bonchev–Trinajstić information content (AvgIpc) is 2.52. The fourth-order valence-electron chi connectivity index (χ4n) is 2.79. The SMILES string of the molecule is COC(=O)C(CCc1ccccc1)OC1(O)CCCCC1. The highest BCUT2D eigenvalue weighted by atomic mass is 16.6. The fourth-order valence-corrected chi connectivity index (χ4v) is 2.79. The molecule has 0 spiro atoms. The third kappa shape index (κ3) is 4.83. The largest absolute Gasteiger partial charge is 0.467 e. The molecule has 4 heteroatoms. The van der Waals surface area contributed by atoms with Crippen molar-refractivity contribution in [1.82, 2.24) is 0 Å². The lowest BCUT2D eigenvalue weighted by molar-refractivity contribution is -0.248. The number of rotatable bonds is 6. The van der Waals surface area contributed by atoms with Crippen LogP contribution in [0.15, 0.2) is 30.3 Å². The van der Waals surface area contributed by atoms with Gasteiger partial charge in [0, 0.05) is 12.8 Å². The molecule has 2 rings (SSSR count).